The first-order valence-corrected chi connectivity index (χ1v) is 10.4. The molecule has 0 aliphatic rings. The maximum absolute atomic E-state index is 12.9. The summed E-state index contributed by atoms with van der Waals surface area (Å²) >= 11 is 0. The number of hydrogen-bond acceptors (Lipinski definition) is 3. The minimum absolute atomic E-state index is 0.263. The lowest BCUT2D eigenvalue weighted by atomic mass is 10.0. The van der Waals surface area contributed by atoms with Gasteiger partial charge in [-0.3, -0.25) is 4.79 Å². The highest BCUT2D eigenvalue weighted by atomic mass is 32.2. The fraction of sp³-hybridized carbons (Fsp3) is 0.381. The van der Waals surface area contributed by atoms with Gasteiger partial charge in [0.15, 0.2) is 0 Å². The number of aryl methyl sites for hydroxylation is 3. The third-order valence-corrected chi connectivity index (χ3v) is 6.82. The molecule has 146 valence electrons. The molecule has 0 bridgehead atoms. The molecule has 0 unspecified atom stereocenters. The van der Waals surface area contributed by atoms with Crippen LogP contribution in [0.15, 0.2) is 35.2 Å². The van der Waals surface area contributed by atoms with Gasteiger partial charge in [-0.25, -0.2) is 8.42 Å². The topological polar surface area (TPSA) is 75.3 Å². The minimum Gasteiger partial charge on any atom is -0.351 e. The van der Waals surface area contributed by atoms with E-state index in [-0.39, 0.29) is 10.8 Å². The third-order valence-electron chi connectivity index (χ3n) is 5.01. The number of amides is 1. The maximum atomic E-state index is 12.9. The fourth-order valence-corrected chi connectivity index (χ4v) is 4.89. The summed E-state index contributed by atoms with van der Waals surface area (Å²) in [5.74, 6) is -0.360. The molecule has 0 saturated carbocycles. The van der Waals surface area contributed by atoms with E-state index in [1.807, 2.05) is 51.1 Å². The summed E-state index contributed by atoms with van der Waals surface area (Å²) in [5, 5.41) is 2.80. The summed E-state index contributed by atoms with van der Waals surface area (Å²) in [6.45, 7) is 11.2. The van der Waals surface area contributed by atoms with Crippen molar-refractivity contribution in [1.29, 1.82) is 0 Å². The summed E-state index contributed by atoms with van der Waals surface area (Å²) in [5.41, 5.74) is 5.32. The van der Waals surface area contributed by atoms with Gasteiger partial charge in [0.05, 0.1) is 10.9 Å². The highest BCUT2D eigenvalue weighted by Crippen LogP contribution is 2.26. The van der Waals surface area contributed by atoms with E-state index in [0.717, 1.165) is 22.3 Å². The fourth-order valence-electron chi connectivity index (χ4n) is 3.07. The molecule has 0 radical (unpaired) electrons. The Balaban J connectivity index is 2.16. The van der Waals surface area contributed by atoms with Crippen molar-refractivity contribution in [3.05, 3.63) is 63.7 Å². The second-order valence-electron chi connectivity index (χ2n) is 7.08. The van der Waals surface area contributed by atoms with Crippen LogP contribution in [0.5, 0.6) is 0 Å². The zero-order valence-electron chi connectivity index (χ0n) is 16.8. The van der Waals surface area contributed by atoms with Crippen LogP contribution >= 0.6 is 0 Å². The first-order valence-electron chi connectivity index (χ1n) is 8.96. The molecule has 0 aliphatic heterocycles. The molecule has 2 rings (SSSR count). The van der Waals surface area contributed by atoms with Crippen molar-refractivity contribution in [3.63, 3.8) is 0 Å². The zero-order chi connectivity index (χ0) is 20.4. The van der Waals surface area contributed by atoms with Crippen LogP contribution in [0.3, 0.4) is 0 Å². The van der Waals surface area contributed by atoms with Gasteiger partial charge >= 0.3 is 0 Å². The van der Waals surface area contributed by atoms with Crippen LogP contribution in [0.1, 0.15) is 40.3 Å². The Hall–Kier alpha value is -2.18. The number of sulfonamides is 1. The normalized spacial score (nSPS) is 12.7. The molecule has 27 heavy (non-hydrogen) atoms. The van der Waals surface area contributed by atoms with Crippen LogP contribution in [-0.4, -0.2) is 20.4 Å². The van der Waals surface area contributed by atoms with Crippen LogP contribution in [-0.2, 0) is 21.4 Å². The van der Waals surface area contributed by atoms with Gasteiger partial charge in [0.1, 0.15) is 0 Å². The van der Waals surface area contributed by atoms with E-state index < -0.39 is 16.1 Å². The van der Waals surface area contributed by atoms with Gasteiger partial charge in [0, 0.05) is 6.54 Å². The SMILES string of the molecule is Cc1ccccc1CNC(=O)[C@H](C)NS(=O)(=O)c1c(C)c(C)cc(C)c1C. The van der Waals surface area contributed by atoms with Crippen LogP contribution in [0.2, 0.25) is 0 Å². The molecule has 1 atom stereocenters. The Morgan fingerprint density at radius 3 is 2.07 bits per heavy atom. The Kier molecular flexibility index (Phi) is 6.44. The van der Waals surface area contributed by atoms with Gasteiger partial charge in [-0.15, -0.1) is 0 Å². The number of nitrogens with one attached hydrogen (secondary N) is 2. The predicted molar refractivity (Wildman–Crippen MR) is 108 cm³/mol. The molecule has 1 amide bonds. The number of carbonyl (C=O) groups excluding carboxylic acids is 1. The molecule has 2 N–H and O–H groups in total. The lowest BCUT2D eigenvalue weighted by Gasteiger charge is -2.19. The van der Waals surface area contributed by atoms with E-state index in [1.54, 1.807) is 20.8 Å². The van der Waals surface area contributed by atoms with Crippen LogP contribution in [0.25, 0.3) is 0 Å². The molecular formula is C21H28N2O3S. The van der Waals surface area contributed by atoms with E-state index in [4.69, 9.17) is 0 Å². The molecule has 0 heterocycles. The molecule has 0 fully saturated rings. The molecule has 2 aromatic carbocycles. The molecule has 0 aliphatic carbocycles. The van der Waals surface area contributed by atoms with Gasteiger partial charge in [-0.05, 0) is 74.9 Å². The van der Waals surface area contributed by atoms with Gasteiger partial charge in [0.2, 0.25) is 15.9 Å². The molecule has 6 heteroatoms. The lowest BCUT2D eigenvalue weighted by molar-refractivity contribution is -0.122. The summed E-state index contributed by atoms with van der Waals surface area (Å²) in [6, 6.07) is 8.85. The predicted octanol–water partition coefficient (Wildman–Crippen LogP) is 3.21. The van der Waals surface area contributed by atoms with E-state index in [1.165, 1.54) is 0 Å². The average molecular weight is 389 g/mol. The Labute approximate surface area is 162 Å². The molecular weight excluding hydrogens is 360 g/mol. The Morgan fingerprint density at radius 1 is 0.963 bits per heavy atom. The highest BCUT2D eigenvalue weighted by molar-refractivity contribution is 7.89. The summed E-state index contributed by atoms with van der Waals surface area (Å²) in [6.07, 6.45) is 0. The molecule has 0 aromatic heterocycles. The summed E-state index contributed by atoms with van der Waals surface area (Å²) in [4.78, 5) is 12.7. The molecule has 0 saturated heterocycles. The van der Waals surface area contributed by atoms with Gasteiger partial charge < -0.3 is 5.32 Å². The summed E-state index contributed by atoms with van der Waals surface area (Å²) < 4.78 is 28.4. The van der Waals surface area contributed by atoms with Crippen molar-refractivity contribution in [3.8, 4) is 0 Å². The Bertz CT molecular complexity index is 939. The number of rotatable bonds is 6. The van der Waals surface area contributed by atoms with Crippen LogP contribution < -0.4 is 10.0 Å². The lowest BCUT2D eigenvalue weighted by Crippen LogP contribution is -2.44. The molecule has 5 nitrogen and oxygen atoms in total. The third kappa shape index (κ3) is 4.76. The average Bonchev–Trinajstić information content (AvgIpc) is 2.58. The number of hydrogen-bond donors (Lipinski definition) is 2. The van der Waals surface area contributed by atoms with Crippen LogP contribution in [0, 0.1) is 34.6 Å². The van der Waals surface area contributed by atoms with Crippen molar-refractivity contribution in [2.75, 3.05) is 0 Å². The van der Waals surface area contributed by atoms with Crippen LogP contribution in [0.4, 0.5) is 0 Å². The maximum Gasteiger partial charge on any atom is 0.241 e. The summed E-state index contributed by atoms with van der Waals surface area (Å²) in [7, 11) is -3.81. The van der Waals surface area contributed by atoms with Crippen molar-refractivity contribution in [2.24, 2.45) is 0 Å². The van der Waals surface area contributed by atoms with E-state index >= 15 is 0 Å². The van der Waals surface area contributed by atoms with Gasteiger partial charge in [-0.2, -0.15) is 4.72 Å². The van der Waals surface area contributed by atoms with Crippen molar-refractivity contribution in [1.82, 2.24) is 10.0 Å². The quantitative estimate of drug-likeness (QED) is 0.798. The van der Waals surface area contributed by atoms with Crippen molar-refractivity contribution in [2.45, 2.75) is 59.0 Å². The van der Waals surface area contributed by atoms with Crippen molar-refractivity contribution < 1.29 is 13.2 Å². The standard InChI is InChI=1S/C21H28N2O3S/c1-13-9-7-8-10-19(13)12-22-21(24)18(6)23-27(25,26)20-16(4)14(2)11-15(3)17(20)5/h7-11,18,23H,12H2,1-6H3,(H,22,24)/t18-/m0/s1. The van der Waals surface area contributed by atoms with E-state index in [9.17, 15) is 13.2 Å². The monoisotopic (exact) mass is 388 g/mol. The largest absolute Gasteiger partial charge is 0.351 e. The Morgan fingerprint density at radius 2 is 1.52 bits per heavy atom. The number of benzene rings is 2. The van der Waals surface area contributed by atoms with Gasteiger partial charge in [0.25, 0.3) is 0 Å². The first kappa shape index (κ1) is 21.1. The second kappa shape index (κ2) is 8.23. The molecule has 0 spiro atoms. The highest BCUT2D eigenvalue weighted by Gasteiger charge is 2.26. The van der Waals surface area contributed by atoms with Crippen molar-refractivity contribution >= 4 is 15.9 Å². The van der Waals surface area contributed by atoms with E-state index in [2.05, 4.69) is 10.0 Å². The molecule has 2 aromatic rings. The van der Waals surface area contributed by atoms with E-state index in [0.29, 0.717) is 17.7 Å². The second-order valence-corrected chi connectivity index (χ2v) is 8.73. The van der Waals surface area contributed by atoms with Gasteiger partial charge in [-0.1, -0.05) is 30.3 Å². The minimum atomic E-state index is -3.81. The number of carbonyl (C=O) groups is 1. The smallest absolute Gasteiger partial charge is 0.241 e. The zero-order valence-corrected chi connectivity index (χ0v) is 17.6. The first-order chi connectivity index (χ1) is 12.5.